The molecule has 2 atom stereocenters. The van der Waals surface area contributed by atoms with Crippen LogP contribution >= 0.6 is 0 Å². The van der Waals surface area contributed by atoms with E-state index in [1.807, 2.05) is 0 Å². The SMILES string of the molecule is CN1Cc2ccc(NC(=O)N[C@@H]3C[C@](C)(CF)Oc4cc(C(F)(F)F)ccc43)cc2NC1=O. The van der Waals surface area contributed by atoms with Crippen LogP contribution in [0.4, 0.5) is 38.5 Å². The second-order valence-electron chi connectivity index (χ2n) is 8.45. The average molecular weight is 466 g/mol. The molecule has 2 aliphatic heterocycles. The number of benzene rings is 2. The number of carbonyl (C=O) groups excluding carboxylic acids is 2. The van der Waals surface area contributed by atoms with Crippen molar-refractivity contribution in [2.75, 3.05) is 24.4 Å². The maximum absolute atomic E-state index is 13.7. The Bertz CT molecular complexity index is 1110. The molecule has 0 aliphatic carbocycles. The van der Waals surface area contributed by atoms with Gasteiger partial charge in [0.2, 0.25) is 0 Å². The normalized spacial score (nSPS) is 21.9. The summed E-state index contributed by atoms with van der Waals surface area (Å²) in [7, 11) is 1.66. The van der Waals surface area contributed by atoms with E-state index in [1.165, 1.54) is 17.9 Å². The number of halogens is 4. The monoisotopic (exact) mass is 466 g/mol. The summed E-state index contributed by atoms with van der Waals surface area (Å²) in [5.41, 5.74) is -0.141. The van der Waals surface area contributed by atoms with Gasteiger partial charge in [0.15, 0.2) is 0 Å². The lowest BCUT2D eigenvalue weighted by Gasteiger charge is -2.38. The number of hydrogen-bond donors (Lipinski definition) is 3. The van der Waals surface area contributed by atoms with Crippen molar-refractivity contribution in [3.63, 3.8) is 0 Å². The molecule has 33 heavy (non-hydrogen) atoms. The molecule has 0 unspecified atom stereocenters. The summed E-state index contributed by atoms with van der Waals surface area (Å²) >= 11 is 0. The molecule has 2 aliphatic rings. The Kier molecular flexibility index (Phi) is 5.59. The highest BCUT2D eigenvalue weighted by Crippen LogP contribution is 2.43. The fourth-order valence-corrected chi connectivity index (χ4v) is 3.92. The molecule has 0 saturated carbocycles. The van der Waals surface area contributed by atoms with Crippen LogP contribution in [0.25, 0.3) is 0 Å². The zero-order valence-electron chi connectivity index (χ0n) is 17.8. The Morgan fingerprint density at radius 1 is 1.27 bits per heavy atom. The lowest BCUT2D eigenvalue weighted by Crippen LogP contribution is -2.45. The van der Waals surface area contributed by atoms with E-state index < -0.39 is 36.1 Å². The number of rotatable bonds is 3. The first-order valence-corrected chi connectivity index (χ1v) is 10.2. The largest absolute Gasteiger partial charge is 0.484 e. The predicted octanol–water partition coefficient (Wildman–Crippen LogP) is 5.06. The number of urea groups is 2. The topological polar surface area (TPSA) is 82.7 Å². The van der Waals surface area contributed by atoms with Gasteiger partial charge < -0.3 is 25.6 Å². The Labute approximate surface area is 187 Å². The minimum atomic E-state index is -4.58. The highest BCUT2D eigenvalue weighted by atomic mass is 19.4. The molecule has 0 fully saturated rings. The van der Waals surface area contributed by atoms with Gasteiger partial charge in [-0.05, 0) is 36.8 Å². The van der Waals surface area contributed by atoms with Crippen LogP contribution in [-0.4, -0.2) is 36.3 Å². The van der Waals surface area contributed by atoms with Gasteiger partial charge in [-0.25, -0.2) is 14.0 Å². The van der Waals surface area contributed by atoms with E-state index in [0.29, 0.717) is 23.5 Å². The van der Waals surface area contributed by atoms with Crippen molar-refractivity contribution in [1.29, 1.82) is 0 Å². The van der Waals surface area contributed by atoms with Crippen molar-refractivity contribution in [2.24, 2.45) is 0 Å². The predicted molar refractivity (Wildman–Crippen MR) is 113 cm³/mol. The van der Waals surface area contributed by atoms with Crippen molar-refractivity contribution in [3.8, 4) is 5.75 Å². The molecule has 3 N–H and O–H groups in total. The van der Waals surface area contributed by atoms with E-state index in [0.717, 1.165) is 17.7 Å². The zero-order valence-corrected chi connectivity index (χ0v) is 17.8. The molecule has 2 heterocycles. The maximum atomic E-state index is 13.7. The van der Waals surface area contributed by atoms with Crippen LogP contribution < -0.4 is 20.7 Å². The van der Waals surface area contributed by atoms with Gasteiger partial charge in [-0.3, -0.25) is 0 Å². The smallest absolute Gasteiger partial charge is 0.416 e. The number of hydrogen-bond acceptors (Lipinski definition) is 3. The number of amides is 4. The first-order chi connectivity index (χ1) is 15.5. The van der Waals surface area contributed by atoms with Gasteiger partial charge >= 0.3 is 18.2 Å². The second kappa shape index (κ2) is 8.13. The number of fused-ring (bicyclic) bond motifs is 2. The van der Waals surface area contributed by atoms with Crippen LogP contribution in [0.2, 0.25) is 0 Å². The number of nitrogens with zero attached hydrogens (tertiary/aromatic N) is 1. The fourth-order valence-electron chi connectivity index (χ4n) is 3.92. The number of carbonyl (C=O) groups is 2. The third kappa shape index (κ3) is 4.67. The third-order valence-corrected chi connectivity index (χ3v) is 5.66. The summed E-state index contributed by atoms with van der Waals surface area (Å²) in [6.45, 7) is 0.918. The molecule has 11 heteroatoms. The highest BCUT2D eigenvalue weighted by Gasteiger charge is 2.40. The Morgan fingerprint density at radius 2 is 2.03 bits per heavy atom. The van der Waals surface area contributed by atoms with E-state index in [9.17, 15) is 27.2 Å². The van der Waals surface area contributed by atoms with Gasteiger partial charge in [-0.15, -0.1) is 0 Å². The molecule has 2 aromatic carbocycles. The third-order valence-electron chi connectivity index (χ3n) is 5.66. The van der Waals surface area contributed by atoms with Gasteiger partial charge in [0, 0.05) is 37.0 Å². The van der Waals surface area contributed by atoms with Crippen molar-refractivity contribution >= 4 is 23.4 Å². The Hall–Kier alpha value is -3.50. The van der Waals surface area contributed by atoms with Gasteiger partial charge in [0.1, 0.15) is 18.0 Å². The van der Waals surface area contributed by atoms with Crippen molar-refractivity contribution in [2.45, 2.75) is 37.7 Å². The molecule has 4 amide bonds. The molecule has 0 bridgehead atoms. The minimum Gasteiger partial charge on any atom is -0.484 e. The minimum absolute atomic E-state index is 0.0296. The molecular weight excluding hydrogens is 444 g/mol. The summed E-state index contributed by atoms with van der Waals surface area (Å²) in [6.07, 6.45) is -4.55. The van der Waals surface area contributed by atoms with E-state index in [1.54, 1.807) is 25.2 Å². The van der Waals surface area contributed by atoms with Crippen molar-refractivity contribution in [1.82, 2.24) is 10.2 Å². The first-order valence-electron chi connectivity index (χ1n) is 10.2. The van der Waals surface area contributed by atoms with Crippen LogP contribution in [0.5, 0.6) is 5.75 Å². The van der Waals surface area contributed by atoms with Crippen LogP contribution in [-0.2, 0) is 12.7 Å². The summed E-state index contributed by atoms with van der Waals surface area (Å²) in [4.78, 5) is 26.0. The number of alkyl halides is 4. The molecule has 0 spiro atoms. The highest BCUT2D eigenvalue weighted by molar-refractivity contribution is 5.95. The van der Waals surface area contributed by atoms with Gasteiger partial charge in [-0.2, -0.15) is 13.2 Å². The fraction of sp³-hybridized carbons (Fsp3) is 0.364. The van der Waals surface area contributed by atoms with E-state index in [-0.39, 0.29) is 18.2 Å². The molecule has 0 aromatic heterocycles. The molecule has 0 radical (unpaired) electrons. The lowest BCUT2D eigenvalue weighted by atomic mass is 9.88. The van der Waals surface area contributed by atoms with Crippen molar-refractivity contribution in [3.05, 3.63) is 53.1 Å². The molecule has 176 valence electrons. The van der Waals surface area contributed by atoms with Gasteiger partial charge in [-0.1, -0.05) is 12.1 Å². The molecular formula is C22H22F4N4O3. The van der Waals surface area contributed by atoms with Crippen LogP contribution in [0, 0.1) is 0 Å². The number of nitrogens with one attached hydrogen (secondary N) is 3. The van der Waals surface area contributed by atoms with Crippen LogP contribution in [0.15, 0.2) is 36.4 Å². The summed E-state index contributed by atoms with van der Waals surface area (Å²) < 4.78 is 58.5. The Balaban J connectivity index is 1.53. The Morgan fingerprint density at radius 3 is 2.73 bits per heavy atom. The number of anilines is 2. The number of ether oxygens (including phenoxy) is 1. The van der Waals surface area contributed by atoms with Crippen molar-refractivity contribution < 1.29 is 31.9 Å². The standard InChI is InChI=1S/C22H22F4N4O3/c1-21(11-23)9-17(15-6-4-13(22(24,25)26)7-18(15)33-21)28-19(31)27-14-5-3-12-10-30(2)20(32)29-16(12)8-14/h3-8,17H,9-11H2,1-2H3,(H,29,32)(H2,27,28,31)/t17-,21-/m1/s1. The lowest BCUT2D eigenvalue weighted by molar-refractivity contribution is -0.137. The summed E-state index contributed by atoms with van der Waals surface area (Å²) in [6, 6.07) is 6.31. The van der Waals surface area contributed by atoms with Crippen LogP contribution in [0.1, 0.15) is 36.1 Å². The van der Waals surface area contributed by atoms with E-state index in [2.05, 4.69) is 16.0 Å². The quantitative estimate of drug-likeness (QED) is 0.554. The van der Waals surface area contributed by atoms with Gasteiger partial charge in [0.05, 0.1) is 11.6 Å². The van der Waals surface area contributed by atoms with Gasteiger partial charge in [0.25, 0.3) is 0 Å². The van der Waals surface area contributed by atoms with E-state index >= 15 is 0 Å². The maximum Gasteiger partial charge on any atom is 0.416 e. The summed E-state index contributed by atoms with van der Waals surface area (Å²) in [5, 5.41) is 8.06. The molecule has 0 saturated heterocycles. The molecule has 2 aromatic rings. The second-order valence-corrected chi connectivity index (χ2v) is 8.45. The summed E-state index contributed by atoms with van der Waals surface area (Å²) in [5.74, 6) is -0.123. The molecule has 7 nitrogen and oxygen atoms in total. The molecule has 4 rings (SSSR count). The zero-order chi connectivity index (χ0) is 24.0. The van der Waals surface area contributed by atoms with E-state index in [4.69, 9.17) is 4.74 Å². The first kappa shape index (κ1) is 22.7. The van der Waals surface area contributed by atoms with Crippen LogP contribution in [0.3, 0.4) is 0 Å². The average Bonchev–Trinajstić information content (AvgIpc) is 2.73.